The first-order valence-corrected chi connectivity index (χ1v) is 6.85. The summed E-state index contributed by atoms with van der Waals surface area (Å²) in [7, 11) is 1.97. The second-order valence-corrected chi connectivity index (χ2v) is 4.78. The molecule has 5 heteroatoms. The first kappa shape index (κ1) is 14.8. The van der Waals surface area contributed by atoms with Gasteiger partial charge in [-0.2, -0.15) is 0 Å². The van der Waals surface area contributed by atoms with Crippen LogP contribution in [0.3, 0.4) is 0 Å². The van der Waals surface area contributed by atoms with Gasteiger partial charge in [0.25, 0.3) is 0 Å². The summed E-state index contributed by atoms with van der Waals surface area (Å²) >= 11 is 0. The fourth-order valence-corrected chi connectivity index (χ4v) is 1.95. The van der Waals surface area contributed by atoms with Crippen LogP contribution in [0.1, 0.15) is 13.3 Å². The third-order valence-electron chi connectivity index (χ3n) is 3.11. The van der Waals surface area contributed by atoms with Crippen molar-refractivity contribution in [2.75, 3.05) is 18.5 Å². The van der Waals surface area contributed by atoms with E-state index in [4.69, 9.17) is 0 Å². The summed E-state index contributed by atoms with van der Waals surface area (Å²) in [6.07, 6.45) is 1.03. The second kappa shape index (κ2) is 6.74. The molecule has 0 aliphatic carbocycles. The van der Waals surface area contributed by atoms with E-state index in [0.717, 1.165) is 18.7 Å². The number of anilines is 1. The molecular formula is C16H19N3O2. The molecule has 0 atom stereocenters. The standard InChI is InChI=1S/C16H19N3O2/c1-3-10-19(2)12-8-9-14(16(21)11-12)18-17-13-6-4-5-7-15(13)20/h4-9,11,20-21H,3,10H2,1-2H3. The Morgan fingerprint density at radius 2 is 1.62 bits per heavy atom. The smallest absolute Gasteiger partial charge is 0.145 e. The zero-order valence-electron chi connectivity index (χ0n) is 12.2. The average molecular weight is 285 g/mol. The van der Waals surface area contributed by atoms with Gasteiger partial charge >= 0.3 is 0 Å². The molecule has 0 spiro atoms. The summed E-state index contributed by atoms with van der Waals surface area (Å²) < 4.78 is 0. The van der Waals surface area contributed by atoms with Gasteiger partial charge in [-0.3, -0.25) is 0 Å². The number of phenolic OH excluding ortho intramolecular Hbond substituents is 2. The third-order valence-corrected chi connectivity index (χ3v) is 3.11. The Morgan fingerprint density at radius 3 is 2.24 bits per heavy atom. The zero-order valence-corrected chi connectivity index (χ0v) is 12.2. The number of hydrogen-bond donors (Lipinski definition) is 2. The fourth-order valence-electron chi connectivity index (χ4n) is 1.95. The van der Waals surface area contributed by atoms with Crippen molar-refractivity contribution in [1.82, 2.24) is 0 Å². The Balaban J connectivity index is 2.20. The summed E-state index contributed by atoms with van der Waals surface area (Å²) in [6.45, 7) is 3.02. The minimum absolute atomic E-state index is 0.0556. The number of aromatic hydroxyl groups is 2. The molecule has 110 valence electrons. The third kappa shape index (κ3) is 3.72. The SMILES string of the molecule is CCCN(C)c1ccc(N=Nc2ccccc2O)c(O)c1. The van der Waals surface area contributed by atoms with Crippen LogP contribution < -0.4 is 4.90 Å². The van der Waals surface area contributed by atoms with Gasteiger partial charge in [-0.1, -0.05) is 19.1 Å². The minimum atomic E-state index is 0.0556. The van der Waals surface area contributed by atoms with Gasteiger partial charge in [-0.25, -0.2) is 0 Å². The van der Waals surface area contributed by atoms with E-state index in [1.807, 2.05) is 13.1 Å². The van der Waals surface area contributed by atoms with Crippen LogP contribution in [0.15, 0.2) is 52.7 Å². The molecule has 0 amide bonds. The highest BCUT2D eigenvalue weighted by molar-refractivity contribution is 5.61. The molecule has 0 aliphatic heterocycles. The van der Waals surface area contributed by atoms with Crippen LogP contribution >= 0.6 is 0 Å². The van der Waals surface area contributed by atoms with Crippen molar-refractivity contribution in [2.24, 2.45) is 10.2 Å². The van der Waals surface area contributed by atoms with Gasteiger partial charge < -0.3 is 15.1 Å². The highest BCUT2D eigenvalue weighted by atomic mass is 16.3. The highest BCUT2D eigenvalue weighted by Gasteiger charge is 2.05. The van der Waals surface area contributed by atoms with E-state index in [2.05, 4.69) is 22.1 Å². The van der Waals surface area contributed by atoms with E-state index >= 15 is 0 Å². The molecule has 5 nitrogen and oxygen atoms in total. The van der Waals surface area contributed by atoms with Crippen LogP contribution in [0.5, 0.6) is 11.5 Å². The normalized spacial score (nSPS) is 11.0. The number of benzene rings is 2. The number of phenols is 2. The Hall–Kier alpha value is -2.56. The largest absolute Gasteiger partial charge is 0.506 e. The molecule has 0 bridgehead atoms. The number of para-hydroxylation sites is 1. The van der Waals surface area contributed by atoms with Gasteiger partial charge in [0, 0.05) is 25.3 Å². The molecule has 0 aliphatic rings. The lowest BCUT2D eigenvalue weighted by Crippen LogP contribution is -2.17. The predicted molar refractivity (Wildman–Crippen MR) is 84.0 cm³/mol. The van der Waals surface area contributed by atoms with Crippen molar-refractivity contribution in [3.8, 4) is 11.5 Å². The van der Waals surface area contributed by atoms with E-state index in [1.165, 1.54) is 6.07 Å². The number of azo groups is 1. The number of rotatable bonds is 5. The second-order valence-electron chi connectivity index (χ2n) is 4.78. The zero-order chi connectivity index (χ0) is 15.2. The Kier molecular flexibility index (Phi) is 4.77. The molecule has 0 aromatic heterocycles. The van der Waals surface area contributed by atoms with Crippen molar-refractivity contribution < 1.29 is 10.2 Å². The Bertz CT molecular complexity index is 641. The predicted octanol–water partition coefficient (Wildman–Crippen LogP) is 4.36. The maximum atomic E-state index is 10.0. The van der Waals surface area contributed by atoms with E-state index in [0.29, 0.717) is 11.4 Å². The Morgan fingerprint density at radius 1 is 0.952 bits per heavy atom. The molecule has 0 radical (unpaired) electrons. The van der Waals surface area contributed by atoms with Crippen molar-refractivity contribution in [3.63, 3.8) is 0 Å². The molecule has 0 fully saturated rings. The van der Waals surface area contributed by atoms with Gasteiger partial charge in [0.1, 0.15) is 22.9 Å². The van der Waals surface area contributed by atoms with E-state index in [-0.39, 0.29) is 11.5 Å². The first-order valence-electron chi connectivity index (χ1n) is 6.85. The molecule has 2 aromatic rings. The van der Waals surface area contributed by atoms with Gasteiger partial charge in [0.05, 0.1) is 0 Å². The van der Waals surface area contributed by atoms with Crippen LogP contribution in [0.2, 0.25) is 0 Å². The van der Waals surface area contributed by atoms with Crippen LogP contribution in [0.4, 0.5) is 17.1 Å². The van der Waals surface area contributed by atoms with Crippen molar-refractivity contribution in [1.29, 1.82) is 0 Å². The molecule has 21 heavy (non-hydrogen) atoms. The lowest BCUT2D eigenvalue weighted by atomic mass is 10.2. The lowest BCUT2D eigenvalue weighted by molar-refractivity contribution is 0.474. The maximum absolute atomic E-state index is 10.0. The van der Waals surface area contributed by atoms with Crippen molar-refractivity contribution >= 4 is 17.1 Å². The maximum Gasteiger partial charge on any atom is 0.145 e. The van der Waals surface area contributed by atoms with E-state index in [1.54, 1.807) is 30.3 Å². The van der Waals surface area contributed by atoms with E-state index < -0.39 is 0 Å². The van der Waals surface area contributed by atoms with Gasteiger partial charge in [0.15, 0.2) is 0 Å². The monoisotopic (exact) mass is 285 g/mol. The van der Waals surface area contributed by atoms with Crippen LogP contribution in [-0.2, 0) is 0 Å². The molecule has 0 heterocycles. The van der Waals surface area contributed by atoms with Crippen LogP contribution in [0.25, 0.3) is 0 Å². The Labute approximate surface area is 124 Å². The van der Waals surface area contributed by atoms with E-state index in [9.17, 15) is 10.2 Å². The number of hydrogen-bond acceptors (Lipinski definition) is 5. The fraction of sp³-hybridized carbons (Fsp3) is 0.250. The van der Waals surface area contributed by atoms with Gasteiger partial charge in [0.2, 0.25) is 0 Å². The topological polar surface area (TPSA) is 68.4 Å². The van der Waals surface area contributed by atoms with Crippen LogP contribution in [-0.4, -0.2) is 23.8 Å². The minimum Gasteiger partial charge on any atom is -0.506 e. The number of nitrogens with zero attached hydrogens (tertiary/aromatic N) is 3. The first-order chi connectivity index (χ1) is 10.1. The molecule has 2 N–H and O–H groups in total. The quantitative estimate of drug-likeness (QED) is 0.802. The van der Waals surface area contributed by atoms with Gasteiger partial charge in [-0.05, 0) is 30.7 Å². The molecule has 0 saturated carbocycles. The molecular weight excluding hydrogens is 266 g/mol. The summed E-state index contributed by atoms with van der Waals surface area (Å²) in [6, 6.07) is 11.9. The lowest BCUT2D eigenvalue weighted by Gasteiger charge is -2.18. The summed E-state index contributed by atoms with van der Waals surface area (Å²) in [5, 5.41) is 27.6. The average Bonchev–Trinajstić information content (AvgIpc) is 2.47. The molecule has 0 unspecified atom stereocenters. The van der Waals surface area contributed by atoms with Crippen LogP contribution in [0, 0.1) is 0 Å². The molecule has 2 aromatic carbocycles. The molecule has 2 rings (SSSR count). The highest BCUT2D eigenvalue weighted by Crippen LogP contribution is 2.33. The van der Waals surface area contributed by atoms with Gasteiger partial charge in [-0.15, -0.1) is 10.2 Å². The molecule has 0 saturated heterocycles. The summed E-state index contributed by atoms with van der Waals surface area (Å²) in [5.74, 6) is 0.120. The van der Waals surface area contributed by atoms with Crippen molar-refractivity contribution in [2.45, 2.75) is 13.3 Å². The van der Waals surface area contributed by atoms with Crippen molar-refractivity contribution in [3.05, 3.63) is 42.5 Å². The summed E-state index contributed by atoms with van der Waals surface area (Å²) in [4.78, 5) is 2.06. The summed E-state index contributed by atoms with van der Waals surface area (Å²) in [5.41, 5.74) is 1.66.